The summed E-state index contributed by atoms with van der Waals surface area (Å²) in [6.45, 7) is 12.1. The summed E-state index contributed by atoms with van der Waals surface area (Å²) in [5.41, 5.74) is 6.14. The Kier molecular flexibility index (Phi) is 5.70. The van der Waals surface area contributed by atoms with Crippen molar-refractivity contribution in [1.29, 1.82) is 0 Å². The van der Waals surface area contributed by atoms with Crippen LogP contribution in [0.4, 0.5) is 0 Å². The van der Waals surface area contributed by atoms with E-state index in [1.807, 2.05) is 0 Å². The van der Waals surface area contributed by atoms with Crippen LogP contribution in [-0.4, -0.2) is 54.5 Å². The molecule has 1 saturated carbocycles. The lowest BCUT2D eigenvalue weighted by atomic mass is 9.78. The zero-order valence-electron chi connectivity index (χ0n) is 13.5. The van der Waals surface area contributed by atoms with Crippen molar-refractivity contribution in [3.63, 3.8) is 0 Å². The summed E-state index contributed by atoms with van der Waals surface area (Å²) in [6, 6.07) is 0.563. The molecule has 1 fully saturated rings. The van der Waals surface area contributed by atoms with E-state index in [9.17, 15) is 0 Å². The molecule has 0 amide bonds. The van der Waals surface area contributed by atoms with E-state index >= 15 is 0 Å². The number of nitrogens with zero attached hydrogens (tertiary/aromatic N) is 3. The Morgan fingerprint density at radius 2 is 2.05 bits per heavy atom. The third kappa shape index (κ3) is 3.66. The van der Waals surface area contributed by atoms with Crippen LogP contribution in [0.5, 0.6) is 0 Å². The average Bonchev–Trinajstić information content (AvgIpc) is 2.81. The fourth-order valence-electron chi connectivity index (χ4n) is 3.85. The van der Waals surface area contributed by atoms with Crippen molar-refractivity contribution in [2.75, 3.05) is 32.7 Å². The van der Waals surface area contributed by atoms with Crippen molar-refractivity contribution in [3.05, 3.63) is 0 Å². The second kappa shape index (κ2) is 7.30. The maximum atomic E-state index is 6.14. The first-order valence-corrected chi connectivity index (χ1v) is 8.44. The summed E-state index contributed by atoms with van der Waals surface area (Å²) in [4.78, 5) is 9.39. The highest BCUT2D eigenvalue weighted by atomic mass is 15.3. The monoisotopic (exact) mass is 280 g/mol. The van der Waals surface area contributed by atoms with Crippen molar-refractivity contribution in [2.45, 2.75) is 52.5 Å². The van der Waals surface area contributed by atoms with E-state index < -0.39 is 0 Å². The van der Waals surface area contributed by atoms with E-state index in [-0.39, 0.29) is 0 Å². The third-order valence-corrected chi connectivity index (χ3v) is 5.21. The van der Waals surface area contributed by atoms with Crippen LogP contribution in [0.25, 0.3) is 0 Å². The minimum absolute atomic E-state index is 0.563. The molecule has 0 spiro atoms. The lowest BCUT2D eigenvalue weighted by molar-refractivity contribution is 0.160. The van der Waals surface area contributed by atoms with Crippen LogP contribution in [0.1, 0.15) is 46.5 Å². The van der Waals surface area contributed by atoms with Crippen LogP contribution in [0.15, 0.2) is 4.99 Å². The van der Waals surface area contributed by atoms with E-state index in [1.54, 1.807) is 0 Å². The summed E-state index contributed by atoms with van der Waals surface area (Å²) in [5.74, 6) is 2.45. The lowest BCUT2D eigenvalue weighted by Gasteiger charge is -2.37. The van der Waals surface area contributed by atoms with Crippen molar-refractivity contribution in [3.8, 4) is 0 Å². The zero-order chi connectivity index (χ0) is 14.5. The highest BCUT2D eigenvalue weighted by Crippen LogP contribution is 2.34. The summed E-state index contributed by atoms with van der Waals surface area (Å²) in [6.07, 6.45) is 5.50. The van der Waals surface area contributed by atoms with Crippen LogP contribution in [-0.2, 0) is 0 Å². The van der Waals surface area contributed by atoms with Gasteiger partial charge in [-0.15, -0.1) is 0 Å². The van der Waals surface area contributed by atoms with Gasteiger partial charge in [0.1, 0.15) is 0 Å². The van der Waals surface area contributed by atoms with Gasteiger partial charge in [0, 0.05) is 13.1 Å². The fourth-order valence-corrected chi connectivity index (χ4v) is 3.85. The third-order valence-electron chi connectivity index (χ3n) is 5.21. The number of likely N-dealkylation sites (N-methyl/N-ethyl adjacent to an activating group) is 1. The largest absolute Gasteiger partial charge is 0.370 e. The second-order valence-corrected chi connectivity index (χ2v) is 6.52. The summed E-state index contributed by atoms with van der Waals surface area (Å²) in [7, 11) is 0. The zero-order valence-corrected chi connectivity index (χ0v) is 13.5. The maximum absolute atomic E-state index is 6.14. The van der Waals surface area contributed by atoms with Gasteiger partial charge in [-0.25, -0.2) is 0 Å². The molecule has 1 aliphatic carbocycles. The van der Waals surface area contributed by atoms with Gasteiger partial charge in [0.25, 0.3) is 0 Å². The van der Waals surface area contributed by atoms with Crippen LogP contribution in [0.3, 0.4) is 0 Å². The Bertz CT molecular complexity index is 324. The van der Waals surface area contributed by atoms with Crippen LogP contribution < -0.4 is 5.73 Å². The highest BCUT2D eigenvalue weighted by Gasteiger charge is 2.34. The van der Waals surface area contributed by atoms with Crippen LogP contribution >= 0.6 is 0 Å². The second-order valence-electron chi connectivity index (χ2n) is 6.52. The SMILES string of the molecule is CCN(CC)CCN1C(N)=NCC1C1CCCC(C)C1. The molecule has 0 aromatic heterocycles. The van der Waals surface area contributed by atoms with Crippen LogP contribution in [0.2, 0.25) is 0 Å². The van der Waals surface area contributed by atoms with E-state index in [0.29, 0.717) is 6.04 Å². The quantitative estimate of drug-likeness (QED) is 0.811. The van der Waals surface area contributed by atoms with Crippen LogP contribution in [0, 0.1) is 11.8 Å². The predicted octanol–water partition coefficient (Wildman–Crippen LogP) is 2.15. The van der Waals surface area contributed by atoms with Gasteiger partial charge >= 0.3 is 0 Å². The van der Waals surface area contributed by atoms with Gasteiger partial charge in [0.2, 0.25) is 0 Å². The highest BCUT2D eigenvalue weighted by molar-refractivity contribution is 5.80. The van der Waals surface area contributed by atoms with Gasteiger partial charge < -0.3 is 15.5 Å². The molecule has 0 aromatic carbocycles. The van der Waals surface area contributed by atoms with Crippen molar-refractivity contribution in [2.24, 2.45) is 22.6 Å². The number of nitrogens with two attached hydrogens (primary N) is 1. The van der Waals surface area contributed by atoms with Gasteiger partial charge in [-0.05, 0) is 37.8 Å². The Morgan fingerprint density at radius 3 is 2.70 bits per heavy atom. The minimum Gasteiger partial charge on any atom is -0.370 e. The molecule has 3 unspecified atom stereocenters. The first-order valence-electron chi connectivity index (χ1n) is 8.44. The molecule has 0 bridgehead atoms. The van der Waals surface area contributed by atoms with Crippen molar-refractivity contribution >= 4 is 5.96 Å². The van der Waals surface area contributed by atoms with Crippen molar-refractivity contribution in [1.82, 2.24) is 9.80 Å². The summed E-state index contributed by atoms with van der Waals surface area (Å²) in [5, 5.41) is 0. The van der Waals surface area contributed by atoms with E-state index in [0.717, 1.165) is 50.5 Å². The number of hydrogen-bond donors (Lipinski definition) is 1. The molecule has 2 N–H and O–H groups in total. The van der Waals surface area contributed by atoms with E-state index in [4.69, 9.17) is 5.73 Å². The molecular formula is C16H32N4. The molecule has 1 heterocycles. The smallest absolute Gasteiger partial charge is 0.191 e. The predicted molar refractivity (Wildman–Crippen MR) is 85.9 cm³/mol. The van der Waals surface area contributed by atoms with Crippen molar-refractivity contribution < 1.29 is 0 Å². The van der Waals surface area contributed by atoms with Gasteiger partial charge in [-0.2, -0.15) is 0 Å². The number of aliphatic imine (C=N–C) groups is 1. The molecule has 0 aromatic rings. The summed E-state index contributed by atoms with van der Waals surface area (Å²) < 4.78 is 0. The Hall–Kier alpha value is -0.770. The molecule has 0 saturated heterocycles. The molecular weight excluding hydrogens is 248 g/mol. The molecule has 2 rings (SSSR count). The number of guanidine groups is 1. The standard InChI is InChI=1S/C16H32N4/c1-4-19(5-2)9-10-20-15(12-18-16(20)17)14-8-6-7-13(3)11-14/h13-15H,4-12H2,1-3H3,(H2,17,18). The molecule has 0 radical (unpaired) electrons. The Labute approximate surface area is 124 Å². The average molecular weight is 280 g/mol. The molecule has 2 aliphatic rings. The van der Waals surface area contributed by atoms with Gasteiger partial charge in [0.05, 0.1) is 12.6 Å². The molecule has 116 valence electrons. The normalized spacial score (nSPS) is 30.9. The van der Waals surface area contributed by atoms with E-state index in [1.165, 1.54) is 25.7 Å². The Balaban J connectivity index is 1.91. The molecule has 4 nitrogen and oxygen atoms in total. The van der Waals surface area contributed by atoms with Gasteiger partial charge in [-0.1, -0.05) is 33.6 Å². The van der Waals surface area contributed by atoms with Gasteiger partial charge in [-0.3, -0.25) is 4.99 Å². The number of rotatable bonds is 6. The van der Waals surface area contributed by atoms with E-state index in [2.05, 4.69) is 35.6 Å². The molecule has 20 heavy (non-hydrogen) atoms. The molecule has 4 heteroatoms. The fraction of sp³-hybridized carbons (Fsp3) is 0.938. The minimum atomic E-state index is 0.563. The maximum Gasteiger partial charge on any atom is 0.191 e. The van der Waals surface area contributed by atoms with Gasteiger partial charge in [0.15, 0.2) is 5.96 Å². The topological polar surface area (TPSA) is 44.9 Å². The summed E-state index contributed by atoms with van der Waals surface area (Å²) >= 11 is 0. The molecule has 1 aliphatic heterocycles. The first kappa shape index (κ1) is 15.6. The first-order chi connectivity index (χ1) is 9.65. The number of hydrogen-bond acceptors (Lipinski definition) is 4. The lowest BCUT2D eigenvalue weighted by Crippen LogP contribution is -2.48. The molecule has 3 atom stereocenters. The Morgan fingerprint density at radius 1 is 1.30 bits per heavy atom.